The second-order valence-corrected chi connectivity index (χ2v) is 4.32. The van der Waals surface area contributed by atoms with E-state index in [1.54, 1.807) is 17.0 Å². The van der Waals surface area contributed by atoms with E-state index in [1.165, 1.54) is 5.56 Å². The van der Waals surface area contributed by atoms with Crippen molar-refractivity contribution in [2.24, 2.45) is 0 Å². The summed E-state index contributed by atoms with van der Waals surface area (Å²) in [6, 6.07) is 11.8. The minimum absolute atomic E-state index is 0.000532. The molecule has 1 aromatic heterocycles. The Kier molecular flexibility index (Phi) is 2.34. The van der Waals surface area contributed by atoms with E-state index in [0.717, 1.165) is 5.56 Å². The summed E-state index contributed by atoms with van der Waals surface area (Å²) in [6.45, 7) is 2.04. The van der Waals surface area contributed by atoms with Crippen LogP contribution in [0.3, 0.4) is 0 Å². The van der Waals surface area contributed by atoms with Gasteiger partial charge in [-0.25, -0.2) is 0 Å². The highest BCUT2D eigenvalue weighted by Gasteiger charge is 2.46. The number of ether oxygens (including phenoxy) is 1. The standard InChI is InChI=1S/C14H13NO2/c1-10-4-6-11(7-5-10)12-13(17-12)14(16)15-8-2-3-9-15/h2-9,12-13H,1H3/t12-,13+/m1/s1. The maximum Gasteiger partial charge on any atom is 0.262 e. The lowest BCUT2D eigenvalue weighted by Gasteiger charge is -1.98. The third-order valence-corrected chi connectivity index (χ3v) is 3.00. The van der Waals surface area contributed by atoms with E-state index in [4.69, 9.17) is 4.74 Å². The molecule has 0 bridgehead atoms. The molecule has 3 nitrogen and oxygen atoms in total. The highest BCUT2D eigenvalue weighted by Crippen LogP contribution is 2.39. The van der Waals surface area contributed by atoms with Crippen molar-refractivity contribution in [2.45, 2.75) is 19.1 Å². The van der Waals surface area contributed by atoms with Crippen LogP contribution in [0.4, 0.5) is 0 Å². The zero-order valence-electron chi connectivity index (χ0n) is 9.54. The van der Waals surface area contributed by atoms with Crippen molar-refractivity contribution >= 4 is 5.91 Å². The number of hydrogen-bond acceptors (Lipinski definition) is 2. The van der Waals surface area contributed by atoms with Crippen molar-refractivity contribution in [1.82, 2.24) is 4.57 Å². The van der Waals surface area contributed by atoms with Crippen LogP contribution in [0, 0.1) is 6.92 Å². The summed E-state index contributed by atoms with van der Waals surface area (Å²) in [5, 5.41) is 0. The van der Waals surface area contributed by atoms with Crippen LogP contribution in [0.1, 0.15) is 22.0 Å². The number of hydrogen-bond donors (Lipinski definition) is 0. The van der Waals surface area contributed by atoms with Gasteiger partial charge in [0.15, 0.2) is 6.10 Å². The molecule has 86 valence electrons. The van der Waals surface area contributed by atoms with Crippen LogP contribution in [0.25, 0.3) is 0 Å². The molecule has 3 heteroatoms. The van der Waals surface area contributed by atoms with Crippen LogP contribution in [-0.2, 0) is 4.74 Å². The molecule has 0 N–H and O–H groups in total. The summed E-state index contributed by atoms with van der Waals surface area (Å²) in [6.07, 6.45) is 3.09. The number of aromatic nitrogens is 1. The zero-order chi connectivity index (χ0) is 11.8. The van der Waals surface area contributed by atoms with Crippen LogP contribution in [0.5, 0.6) is 0 Å². The van der Waals surface area contributed by atoms with Gasteiger partial charge in [-0.05, 0) is 24.6 Å². The van der Waals surface area contributed by atoms with Crippen LogP contribution < -0.4 is 0 Å². The van der Waals surface area contributed by atoms with Gasteiger partial charge >= 0.3 is 0 Å². The van der Waals surface area contributed by atoms with Gasteiger partial charge in [0, 0.05) is 12.4 Å². The van der Waals surface area contributed by atoms with E-state index in [2.05, 4.69) is 0 Å². The van der Waals surface area contributed by atoms with Crippen molar-refractivity contribution in [3.8, 4) is 0 Å². The first-order chi connectivity index (χ1) is 8.25. The van der Waals surface area contributed by atoms with E-state index in [1.807, 2.05) is 43.3 Å². The number of aryl methyl sites for hydroxylation is 1. The Hall–Kier alpha value is -1.87. The highest BCUT2D eigenvalue weighted by atomic mass is 16.6. The summed E-state index contributed by atoms with van der Waals surface area (Å²) >= 11 is 0. The monoisotopic (exact) mass is 227 g/mol. The van der Waals surface area contributed by atoms with Crippen molar-refractivity contribution < 1.29 is 9.53 Å². The molecular formula is C14H13NO2. The second kappa shape index (κ2) is 3.86. The van der Waals surface area contributed by atoms with E-state index in [0.29, 0.717) is 0 Å². The van der Waals surface area contributed by atoms with Crippen molar-refractivity contribution in [2.75, 3.05) is 0 Å². The first kappa shape index (κ1) is 10.3. The Labute approximate surface area is 99.6 Å². The average Bonchev–Trinajstić information content (AvgIpc) is 2.94. The quantitative estimate of drug-likeness (QED) is 0.739. The molecule has 0 radical (unpaired) electrons. The number of nitrogens with zero attached hydrogens (tertiary/aromatic N) is 1. The lowest BCUT2D eigenvalue weighted by atomic mass is 10.1. The smallest absolute Gasteiger partial charge is 0.262 e. The van der Waals surface area contributed by atoms with Crippen LogP contribution in [-0.4, -0.2) is 16.6 Å². The molecule has 1 aliphatic heterocycles. The Morgan fingerprint density at radius 2 is 1.82 bits per heavy atom. The van der Waals surface area contributed by atoms with E-state index in [9.17, 15) is 4.79 Å². The fraction of sp³-hybridized carbons (Fsp3) is 0.214. The Morgan fingerprint density at radius 1 is 1.18 bits per heavy atom. The van der Waals surface area contributed by atoms with Crippen LogP contribution >= 0.6 is 0 Å². The van der Waals surface area contributed by atoms with Gasteiger partial charge in [0.2, 0.25) is 0 Å². The van der Waals surface area contributed by atoms with E-state index >= 15 is 0 Å². The molecule has 1 aliphatic rings. The normalized spacial score (nSPS) is 22.4. The van der Waals surface area contributed by atoms with Crippen LogP contribution in [0.2, 0.25) is 0 Å². The fourth-order valence-corrected chi connectivity index (χ4v) is 1.94. The molecular weight excluding hydrogens is 214 g/mol. The van der Waals surface area contributed by atoms with Gasteiger partial charge in [0.05, 0.1) is 0 Å². The summed E-state index contributed by atoms with van der Waals surface area (Å²) < 4.78 is 7.03. The van der Waals surface area contributed by atoms with Gasteiger partial charge in [-0.15, -0.1) is 0 Å². The number of benzene rings is 1. The predicted molar refractivity (Wildman–Crippen MR) is 63.9 cm³/mol. The first-order valence-corrected chi connectivity index (χ1v) is 5.65. The average molecular weight is 227 g/mol. The van der Waals surface area contributed by atoms with Crippen molar-refractivity contribution in [3.05, 3.63) is 59.9 Å². The van der Waals surface area contributed by atoms with Gasteiger partial charge in [0.1, 0.15) is 6.10 Å². The molecule has 1 saturated heterocycles. The van der Waals surface area contributed by atoms with Crippen molar-refractivity contribution in [1.29, 1.82) is 0 Å². The predicted octanol–water partition coefficient (Wildman–Crippen LogP) is 2.58. The number of carbonyl (C=O) groups is 1. The number of rotatable bonds is 2. The molecule has 0 unspecified atom stereocenters. The SMILES string of the molecule is Cc1ccc([C@H]2O[C@@H]2C(=O)n2cccc2)cc1. The van der Waals surface area contributed by atoms with Gasteiger partial charge < -0.3 is 4.74 Å². The third kappa shape index (κ3) is 1.89. The summed E-state index contributed by atoms with van der Waals surface area (Å²) in [5.74, 6) is 0.000532. The highest BCUT2D eigenvalue weighted by molar-refractivity contribution is 5.86. The maximum absolute atomic E-state index is 12.0. The molecule has 17 heavy (non-hydrogen) atoms. The van der Waals surface area contributed by atoms with Crippen LogP contribution in [0.15, 0.2) is 48.8 Å². The first-order valence-electron chi connectivity index (χ1n) is 5.65. The third-order valence-electron chi connectivity index (χ3n) is 3.00. The van der Waals surface area contributed by atoms with Gasteiger partial charge in [-0.3, -0.25) is 9.36 Å². The molecule has 0 spiro atoms. The molecule has 0 saturated carbocycles. The molecule has 0 aliphatic carbocycles. The van der Waals surface area contributed by atoms with E-state index < -0.39 is 0 Å². The maximum atomic E-state index is 12.0. The second-order valence-electron chi connectivity index (χ2n) is 4.32. The molecule has 0 amide bonds. The largest absolute Gasteiger partial charge is 0.354 e. The Morgan fingerprint density at radius 3 is 2.47 bits per heavy atom. The molecule has 1 aromatic carbocycles. The van der Waals surface area contributed by atoms with Gasteiger partial charge in [0.25, 0.3) is 5.91 Å². The topological polar surface area (TPSA) is 34.5 Å². The zero-order valence-corrected chi connectivity index (χ0v) is 9.54. The number of epoxide rings is 1. The Balaban J connectivity index is 1.74. The van der Waals surface area contributed by atoms with Gasteiger partial charge in [-0.2, -0.15) is 0 Å². The fourth-order valence-electron chi connectivity index (χ4n) is 1.94. The molecule has 1 fully saturated rings. The van der Waals surface area contributed by atoms with E-state index in [-0.39, 0.29) is 18.1 Å². The number of carbonyl (C=O) groups excluding carboxylic acids is 1. The Bertz CT molecular complexity index is 528. The summed E-state index contributed by atoms with van der Waals surface area (Å²) in [7, 11) is 0. The minimum Gasteiger partial charge on any atom is -0.354 e. The molecule has 2 aromatic rings. The lowest BCUT2D eigenvalue weighted by Crippen LogP contribution is -2.15. The lowest BCUT2D eigenvalue weighted by molar-refractivity contribution is 0.0872. The molecule has 2 heterocycles. The minimum atomic E-state index is -0.329. The van der Waals surface area contributed by atoms with Gasteiger partial charge in [-0.1, -0.05) is 29.8 Å². The molecule has 3 rings (SSSR count). The molecule has 2 atom stereocenters. The van der Waals surface area contributed by atoms with Crippen molar-refractivity contribution in [3.63, 3.8) is 0 Å². The summed E-state index contributed by atoms with van der Waals surface area (Å²) in [5.41, 5.74) is 2.28. The summed E-state index contributed by atoms with van der Waals surface area (Å²) in [4.78, 5) is 12.0.